The second-order valence-corrected chi connectivity index (χ2v) is 5.49. The van der Waals surface area contributed by atoms with Crippen LogP contribution in [0.25, 0.3) is 0 Å². The summed E-state index contributed by atoms with van der Waals surface area (Å²) < 4.78 is 0. The van der Waals surface area contributed by atoms with Crippen molar-refractivity contribution in [3.05, 3.63) is 48.1 Å². The van der Waals surface area contributed by atoms with Crippen LogP contribution in [0.1, 0.15) is 0 Å². The maximum atomic E-state index is 9.58. The number of rotatable bonds is 10. The van der Waals surface area contributed by atoms with Crippen molar-refractivity contribution in [3.63, 3.8) is 0 Å². The van der Waals surface area contributed by atoms with Gasteiger partial charge in [-0.1, -0.05) is 0 Å². The molecule has 0 atom stereocenters. The summed E-state index contributed by atoms with van der Waals surface area (Å²) in [4.78, 5) is 14.0. The summed E-state index contributed by atoms with van der Waals surface area (Å²) in [5, 5.41) is 73.9. The van der Waals surface area contributed by atoms with E-state index < -0.39 is 49.2 Å². The van der Waals surface area contributed by atoms with Crippen molar-refractivity contribution in [1.29, 1.82) is 0 Å². The van der Waals surface area contributed by atoms with Gasteiger partial charge in [-0.25, -0.2) is 0 Å². The van der Waals surface area contributed by atoms with E-state index in [2.05, 4.69) is 15.0 Å². The van der Waals surface area contributed by atoms with E-state index in [4.69, 9.17) is 26.2 Å². The lowest BCUT2D eigenvalue weighted by Gasteiger charge is -2.25. The van der Waals surface area contributed by atoms with Crippen molar-refractivity contribution in [2.24, 2.45) is 0 Å². The lowest BCUT2D eigenvalue weighted by molar-refractivity contribution is 0.336. The van der Waals surface area contributed by atoms with Crippen molar-refractivity contribution >= 4 is 17.8 Å². The van der Waals surface area contributed by atoms with Gasteiger partial charge in [0.15, 0.2) is 0 Å². The van der Waals surface area contributed by atoms with Crippen LogP contribution in [0.3, 0.4) is 0 Å². The minimum absolute atomic E-state index is 0.223. The van der Waals surface area contributed by atoms with E-state index in [9.17, 15) is 20.4 Å². The first-order chi connectivity index (χ1) is 13.7. The number of aliphatic hydroxyl groups excluding tert-OH is 8. The SMILES string of the molecule is Nc1nc(N(C/C(O)=C/O)C/C(O)=C/O)nc(N(C/C(O)=C/O)C/C(O)=C/O)n1. The molecule has 1 heterocycles. The number of aromatic nitrogens is 3. The highest BCUT2D eigenvalue weighted by atomic mass is 16.3. The molecule has 14 nitrogen and oxygen atoms in total. The molecule has 1 aromatic heterocycles. The number of aliphatic hydroxyl groups is 8. The van der Waals surface area contributed by atoms with Crippen molar-refractivity contribution < 1.29 is 40.9 Å². The molecular weight excluding hydrogens is 392 g/mol. The Labute approximate surface area is 164 Å². The van der Waals surface area contributed by atoms with Crippen molar-refractivity contribution in [3.8, 4) is 0 Å². The van der Waals surface area contributed by atoms with Gasteiger partial charge in [-0.05, 0) is 0 Å². The summed E-state index contributed by atoms with van der Waals surface area (Å²) >= 11 is 0. The van der Waals surface area contributed by atoms with Crippen LogP contribution in [0.2, 0.25) is 0 Å². The highest BCUT2D eigenvalue weighted by Gasteiger charge is 2.20. The van der Waals surface area contributed by atoms with Crippen molar-refractivity contribution in [1.82, 2.24) is 15.0 Å². The van der Waals surface area contributed by atoms with Crippen LogP contribution in [-0.2, 0) is 0 Å². The average Bonchev–Trinajstić information content (AvgIpc) is 2.71. The third kappa shape index (κ3) is 7.12. The van der Waals surface area contributed by atoms with Gasteiger partial charge < -0.3 is 56.4 Å². The largest absolute Gasteiger partial charge is 0.512 e. The fraction of sp³-hybridized carbons (Fsp3) is 0.267. The van der Waals surface area contributed by atoms with Crippen LogP contribution < -0.4 is 15.5 Å². The molecule has 0 aromatic carbocycles. The quantitative estimate of drug-likeness (QED) is 0.242. The van der Waals surface area contributed by atoms with Crippen LogP contribution in [0, 0.1) is 0 Å². The van der Waals surface area contributed by atoms with Gasteiger partial charge in [0, 0.05) is 0 Å². The lowest BCUT2D eigenvalue weighted by Crippen LogP contribution is -2.33. The molecule has 0 saturated carbocycles. The van der Waals surface area contributed by atoms with Gasteiger partial charge in [0.25, 0.3) is 0 Å². The van der Waals surface area contributed by atoms with Gasteiger partial charge in [-0.15, -0.1) is 0 Å². The van der Waals surface area contributed by atoms with E-state index in [0.29, 0.717) is 25.0 Å². The minimum Gasteiger partial charge on any atom is -0.512 e. The van der Waals surface area contributed by atoms with Crippen LogP contribution >= 0.6 is 0 Å². The Hall–Kier alpha value is -4.23. The van der Waals surface area contributed by atoms with Gasteiger partial charge in [-0.2, -0.15) is 15.0 Å². The second-order valence-electron chi connectivity index (χ2n) is 5.49. The van der Waals surface area contributed by atoms with Crippen LogP contribution in [0.4, 0.5) is 17.8 Å². The molecule has 0 radical (unpaired) electrons. The summed E-state index contributed by atoms with van der Waals surface area (Å²) in [6.45, 7) is -1.61. The van der Waals surface area contributed by atoms with Crippen LogP contribution in [0.5, 0.6) is 0 Å². The van der Waals surface area contributed by atoms with Crippen LogP contribution in [0.15, 0.2) is 48.1 Å². The number of hydrogen-bond acceptors (Lipinski definition) is 14. The van der Waals surface area contributed by atoms with Gasteiger partial charge in [0.1, 0.15) is 48.1 Å². The zero-order valence-corrected chi connectivity index (χ0v) is 15.0. The molecule has 1 rings (SSSR count). The number of nitrogen functional groups attached to an aromatic ring is 1. The molecule has 14 heteroatoms. The van der Waals surface area contributed by atoms with E-state index in [1.54, 1.807) is 0 Å². The van der Waals surface area contributed by atoms with E-state index in [0.717, 1.165) is 9.80 Å². The van der Waals surface area contributed by atoms with Gasteiger partial charge in [0.2, 0.25) is 17.8 Å². The molecule has 1 aromatic rings. The van der Waals surface area contributed by atoms with Gasteiger partial charge in [-0.3, -0.25) is 0 Å². The number of anilines is 3. The first-order valence-electron chi connectivity index (χ1n) is 7.84. The second kappa shape index (κ2) is 10.8. The standard InChI is InChI=1S/C15H22N6O8/c16-13-17-14(20(1-9(26)5-22)2-10(27)6-23)19-15(18-13)21(3-11(28)7-24)4-12(29)8-25/h5-8,22-29H,1-4H2,(H2,16,17,18,19)/b9-5-,10-6-,11-7-,12-8-. The molecule has 0 saturated heterocycles. The first kappa shape index (κ1) is 22.8. The highest BCUT2D eigenvalue weighted by molar-refractivity contribution is 5.46. The molecule has 160 valence electrons. The summed E-state index contributed by atoms with van der Waals surface area (Å²) in [6, 6.07) is 0. The maximum Gasteiger partial charge on any atom is 0.232 e. The lowest BCUT2D eigenvalue weighted by atomic mass is 10.4. The number of nitrogens with two attached hydrogens (primary N) is 1. The smallest absolute Gasteiger partial charge is 0.232 e. The Balaban J connectivity index is 3.40. The molecule has 0 unspecified atom stereocenters. The summed E-state index contributed by atoms with van der Waals surface area (Å²) in [5.41, 5.74) is 5.67. The fourth-order valence-electron chi connectivity index (χ4n) is 1.99. The Morgan fingerprint density at radius 3 is 1.14 bits per heavy atom. The summed E-state index contributed by atoms with van der Waals surface area (Å²) in [7, 11) is 0. The monoisotopic (exact) mass is 414 g/mol. The molecular formula is C15H22N6O8. The highest BCUT2D eigenvalue weighted by Crippen LogP contribution is 2.18. The number of hydrogen-bond donors (Lipinski definition) is 9. The van der Waals surface area contributed by atoms with E-state index in [1.807, 2.05) is 0 Å². The molecule has 0 spiro atoms. The number of nitrogens with zero attached hydrogens (tertiary/aromatic N) is 5. The third-order valence-electron chi connectivity index (χ3n) is 3.20. The Morgan fingerprint density at radius 1 is 0.621 bits per heavy atom. The molecule has 10 N–H and O–H groups in total. The molecule has 0 aliphatic carbocycles. The molecule has 29 heavy (non-hydrogen) atoms. The molecule has 0 amide bonds. The van der Waals surface area contributed by atoms with Crippen molar-refractivity contribution in [2.45, 2.75) is 0 Å². The fourth-order valence-corrected chi connectivity index (χ4v) is 1.99. The van der Waals surface area contributed by atoms with E-state index in [1.165, 1.54) is 0 Å². The third-order valence-corrected chi connectivity index (χ3v) is 3.20. The minimum atomic E-state index is -0.533. The predicted octanol–water partition coefficient (Wildman–Crippen LogP) is 0.896. The zero-order chi connectivity index (χ0) is 22.0. The molecule has 0 aliphatic rings. The van der Waals surface area contributed by atoms with E-state index in [-0.39, 0.29) is 17.8 Å². The zero-order valence-electron chi connectivity index (χ0n) is 15.0. The maximum absolute atomic E-state index is 9.58. The van der Waals surface area contributed by atoms with Gasteiger partial charge >= 0.3 is 0 Å². The Bertz CT molecular complexity index is 708. The van der Waals surface area contributed by atoms with Crippen molar-refractivity contribution in [2.75, 3.05) is 41.7 Å². The van der Waals surface area contributed by atoms with E-state index >= 15 is 0 Å². The molecule has 0 fully saturated rings. The van der Waals surface area contributed by atoms with Crippen LogP contribution in [-0.4, -0.2) is 82.0 Å². The summed E-state index contributed by atoms with van der Waals surface area (Å²) in [6.07, 6.45) is 1.61. The van der Waals surface area contributed by atoms with Gasteiger partial charge in [0.05, 0.1) is 26.2 Å². The Morgan fingerprint density at radius 2 is 0.897 bits per heavy atom. The molecule has 0 bridgehead atoms. The Kier molecular flexibility index (Phi) is 8.50. The normalized spacial score (nSPS) is 13.4. The average molecular weight is 414 g/mol. The first-order valence-corrected chi connectivity index (χ1v) is 7.84. The predicted molar refractivity (Wildman–Crippen MR) is 102 cm³/mol. The summed E-state index contributed by atoms with van der Waals surface area (Å²) in [5.74, 6) is -2.91. The molecule has 0 aliphatic heterocycles. The topological polar surface area (TPSA) is 233 Å².